The monoisotopic (exact) mass is 367 g/mol. The van der Waals surface area contributed by atoms with E-state index in [1.807, 2.05) is 78.9 Å². The highest BCUT2D eigenvalue weighted by molar-refractivity contribution is 5.71. The maximum absolute atomic E-state index is 12.4. The van der Waals surface area contributed by atoms with Gasteiger partial charge in [0.25, 0.3) is 5.56 Å². The highest BCUT2D eigenvalue weighted by Crippen LogP contribution is 2.29. The Hall–Kier alpha value is -3.91. The molecule has 0 radical (unpaired) electrons. The molecular weight excluding hydrogens is 350 g/mol. The van der Waals surface area contributed by atoms with Gasteiger partial charge in [0.15, 0.2) is 0 Å². The first kappa shape index (κ1) is 17.5. The lowest BCUT2D eigenvalue weighted by atomic mass is 9.97. The molecule has 1 aromatic heterocycles. The summed E-state index contributed by atoms with van der Waals surface area (Å²) in [5.41, 5.74) is 1.68. The molecule has 3 aromatic rings. The van der Waals surface area contributed by atoms with Crippen LogP contribution in [0, 0.1) is 11.3 Å². The standard InChI is InChI=1S/C23H17N3O2/c24-15-20-21(25-22(26-23(20)27)17-7-3-1-4-8-17)16-11-13-19(14-12-16)28-18-9-5-2-6-10-18/h1-11,13H,12,14H2,(H,25,26,27). The third-order valence-electron chi connectivity index (χ3n) is 4.49. The highest BCUT2D eigenvalue weighted by Gasteiger charge is 2.18. The maximum Gasteiger partial charge on any atom is 0.269 e. The zero-order chi connectivity index (χ0) is 19.3. The first-order chi connectivity index (χ1) is 13.7. The van der Waals surface area contributed by atoms with E-state index in [9.17, 15) is 10.1 Å². The molecule has 28 heavy (non-hydrogen) atoms. The number of aromatic nitrogens is 2. The molecule has 4 rings (SSSR count). The summed E-state index contributed by atoms with van der Waals surface area (Å²) in [6.07, 6.45) is 5.05. The van der Waals surface area contributed by atoms with Crippen molar-refractivity contribution in [1.29, 1.82) is 5.26 Å². The Labute approximate surface area is 162 Å². The predicted octanol–water partition coefficient (Wildman–Crippen LogP) is 4.45. The van der Waals surface area contributed by atoms with Crippen LogP contribution in [0.25, 0.3) is 17.0 Å². The van der Waals surface area contributed by atoms with E-state index in [0.29, 0.717) is 24.4 Å². The minimum Gasteiger partial charge on any atom is -0.462 e. The largest absolute Gasteiger partial charge is 0.462 e. The predicted molar refractivity (Wildman–Crippen MR) is 107 cm³/mol. The fraction of sp³-hybridized carbons (Fsp3) is 0.0870. The van der Waals surface area contributed by atoms with Gasteiger partial charge in [-0.3, -0.25) is 4.79 Å². The molecule has 1 heterocycles. The number of benzene rings is 2. The van der Waals surface area contributed by atoms with Gasteiger partial charge in [0.1, 0.15) is 29.0 Å². The number of ether oxygens (including phenoxy) is 1. The van der Waals surface area contributed by atoms with E-state index >= 15 is 0 Å². The molecule has 0 spiro atoms. The maximum atomic E-state index is 12.4. The van der Waals surface area contributed by atoms with E-state index in [4.69, 9.17) is 4.74 Å². The van der Waals surface area contributed by atoms with Crippen molar-refractivity contribution in [2.45, 2.75) is 12.8 Å². The molecule has 5 nitrogen and oxygen atoms in total. The van der Waals surface area contributed by atoms with Gasteiger partial charge in [-0.1, -0.05) is 54.6 Å². The summed E-state index contributed by atoms with van der Waals surface area (Å²) in [5, 5.41) is 9.46. The topological polar surface area (TPSA) is 78.8 Å². The fourth-order valence-corrected chi connectivity index (χ4v) is 3.08. The van der Waals surface area contributed by atoms with Crippen LogP contribution in [0.4, 0.5) is 0 Å². The Kier molecular flexibility index (Phi) is 4.85. The highest BCUT2D eigenvalue weighted by atomic mass is 16.5. The lowest BCUT2D eigenvalue weighted by molar-refractivity contribution is 0.403. The van der Waals surface area contributed by atoms with Gasteiger partial charge in [0.2, 0.25) is 0 Å². The third kappa shape index (κ3) is 3.62. The van der Waals surface area contributed by atoms with Gasteiger partial charge >= 0.3 is 0 Å². The molecular formula is C23H17N3O2. The zero-order valence-electron chi connectivity index (χ0n) is 15.1. The average molecular weight is 367 g/mol. The number of para-hydroxylation sites is 1. The zero-order valence-corrected chi connectivity index (χ0v) is 15.1. The fourth-order valence-electron chi connectivity index (χ4n) is 3.08. The molecule has 136 valence electrons. The molecule has 0 amide bonds. The van der Waals surface area contributed by atoms with E-state index in [1.165, 1.54) is 0 Å². The van der Waals surface area contributed by atoms with Crippen molar-refractivity contribution in [3.8, 4) is 23.2 Å². The minimum atomic E-state index is -0.428. The van der Waals surface area contributed by atoms with Crippen molar-refractivity contribution >= 4 is 5.57 Å². The van der Waals surface area contributed by atoms with Crippen LogP contribution < -0.4 is 10.3 Å². The van der Waals surface area contributed by atoms with Crippen LogP contribution >= 0.6 is 0 Å². The second kappa shape index (κ2) is 7.77. The second-order valence-electron chi connectivity index (χ2n) is 6.36. The van der Waals surface area contributed by atoms with Gasteiger partial charge < -0.3 is 9.72 Å². The number of nitrogens with one attached hydrogen (secondary N) is 1. The SMILES string of the molecule is N#Cc1c(C2=CC=C(Oc3ccccc3)CC2)nc(-c2ccccc2)[nH]c1=O. The van der Waals surface area contributed by atoms with E-state index in [2.05, 4.69) is 9.97 Å². The van der Waals surface area contributed by atoms with Crippen molar-refractivity contribution < 1.29 is 4.74 Å². The summed E-state index contributed by atoms with van der Waals surface area (Å²) in [6.45, 7) is 0. The van der Waals surface area contributed by atoms with Gasteiger partial charge in [-0.15, -0.1) is 0 Å². The first-order valence-corrected chi connectivity index (χ1v) is 8.97. The Balaban J connectivity index is 1.70. The Morgan fingerprint density at radius 2 is 1.68 bits per heavy atom. The normalized spacial score (nSPS) is 13.2. The number of hydrogen-bond acceptors (Lipinski definition) is 4. The quantitative estimate of drug-likeness (QED) is 0.739. The summed E-state index contributed by atoms with van der Waals surface area (Å²) in [6, 6.07) is 21.0. The summed E-state index contributed by atoms with van der Waals surface area (Å²) in [5.74, 6) is 2.07. The first-order valence-electron chi connectivity index (χ1n) is 8.97. The lowest BCUT2D eigenvalue weighted by Crippen LogP contribution is -2.17. The molecule has 1 aliphatic rings. The second-order valence-corrected chi connectivity index (χ2v) is 6.36. The van der Waals surface area contributed by atoms with Crippen LogP contribution in [0.1, 0.15) is 24.1 Å². The van der Waals surface area contributed by atoms with E-state index < -0.39 is 5.56 Å². The number of hydrogen-bond donors (Lipinski definition) is 1. The van der Waals surface area contributed by atoms with Gasteiger partial charge in [0.05, 0.1) is 5.69 Å². The van der Waals surface area contributed by atoms with E-state index in [-0.39, 0.29) is 5.56 Å². The van der Waals surface area contributed by atoms with E-state index in [1.54, 1.807) is 0 Å². The minimum absolute atomic E-state index is 0.0340. The molecule has 5 heteroatoms. The van der Waals surface area contributed by atoms with Crippen LogP contribution in [0.5, 0.6) is 5.75 Å². The van der Waals surface area contributed by atoms with Crippen LogP contribution in [-0.4, -0.2) is 9.97 Å². The molecule has 0 saturated carbocycles. The average Bonchev–Trinajstić information content (AvgIpc) is 2.75. The molecule has 0 atom stereocenters. The van der Waals surface area contributed by atoms with Gasteiger partial charge in [-0.05, 0) is 30.2 Å². The van der Waals surface area contributed by atoms with Crippen LogP contribution in [0.3, 0.4) is 0 Å². The summed E-state index contributed by atoms with van der Waals surface area (Å²) >= 11 is 0. The molecule has 0 bridgehead atoms. The van der Waals surface area contributed by atoms with Crippen LogP contribution in [-0.2, 0) is 0 Å². The number of aromatic amines is 1. The van der Waals surface area contributed by atoms with Gasteiger partial charge in [-0.2, -0.15) is 5.26 Å². The Morgan fingerprint density at radius 1 is 0.964 bits per heavy atom. The molecule has 0 fully saturated rings. The summed E-state index contributed by atoms with van der Waals surface area (Å²) in [4.78, 5) is 19.7. The molecule has 1 N–H and O–H groups in total. The van der Waals surface area contributed by atoms with Gasteiger partial charge in [-0.25, -0.2) is 4.98 Å². The molecule has 0 saturated heterocycles. The molecule has 1 aliphatic carbocycles. The van der Waals surface area contributed by atoms with Crippen LogP contribution in [0.2, 0.25) is 0 Å². The Bertz CT molecular complexity index is 1150. The molecule has 2 aromatic carbocycles. The van der Waals surface area contributed by atoms with E-state index in [0.717, 1.165) is 22.6 Å². The molecule has 0 unspecified atom stereocenters. The van der Waals surface area contributed by atoms with Crippen LogP contribution in [0.15, 0.2) is 83.4 Å². The van der Waals surface area contributed by atoms with Gasteiger partial charge in [0, 0.05) is 12.0 Å². The summed E-state index contributed by atoms with van der Waals surface area (Å²) < 4.78 is 5.88. The smallest absolute Gasteiger partial charge is 0.269 e. The number of nitriles is 1. The summed E-state index contributed by atoms with van der Waals surface area (Å²) in [7, 11) is 0. The lowest BCUT2D eigenvalue weighted by Gasteiger charge is -2.16. The number of nitrogens with zero attached hydrogens (tertiary/aromatic N) is 2. The number of rotatable bonds is 4. The third-order valence-corrected chi connectivity index (χ3v) is 4.49. The number of allylic oxidation sites excluding steroid dienone is 4. The van der Waals surface area contributed by atoms with Crippen molar-refractivity contribution in [2.24, 2.45) is 0 Å². The van der Waals surface area contributed by atoms with Crippen molar-refractivity contribution in [3.05, 3.63) is 100 Å². The number of H-pyrrole nitrogens is 1. The van der Waals surface area contributed by atoms with Crippen molar-refractivity contribution in [1.82, 2.24) is 9.97 Å². The Morgan fingerprint density at radius 3 is 2.32 bits per heavy atom. The van der Waals surface area contributed by atoms with Crippen molar-refractivity contribution in [2.75, 3.05) is 0 Å². The molecule has 0 aliphatic heterocycles. The van der Waals surface area contributed by atoms with Crippen molar-refractivity contribution in [3.63, 3.8) is 0 Å².